The SMILES string of the molecule is C[C@@H]1CNc2c(sc3ccc4nc(Oc5nc(Cl)ncc5CN5CC(O[Si](C)(C)C(C)(C)C)CC5=O)cnc4c23)C(=O)N1. The molecule has 6 rings (SSSR count). The number of nitrogens with zero attached hydrogens (tertiary/aromatic N) is 5. The van der Waals surface area contributed by atoms with Gasteiger partial charge in [-0.2, -0.15) is 4.98 Å². The summed E-state index contributed by atoms with van der Waals surface area (Å²) >= 11 is 7.57. The number of anilines is 1. The molecule has 2 N–H and O–H groups in total. The van der Waals surface area contributed by atoms with Gasteiger partial charge in [0.1, 0.15) is 4.88 Å². The molecule has 3 aromatic heterocycles. The van der Waals surface area contributed by atoms with E-state index >= 15 is 0 Å². The summed E-state index contributed by atoms with van der Waals surface area (Å²) in [6, 6.07) is 3.79. The Balaban J connectivity index is 1.25. The minimum atomic E-state index is -2.03. The van der Waals surface area contributed by atoms with Crippen molar-refractivity contribution in [3.05, 3.63) is 40.3 Å². The van der Waals surface area contributed by atoms with Crippen molar-refractivity contribution in [3.63, 3.8) is 0 Å². The van der Waals surface area contributed by atoms with Crippen molar-refractivity contribution in [2.24, 2.45) is 0 Å². The normalized spacial score (nSPS) is 19.4. The minimum absolute atomic E-state index is 0.00328. The number of likely N-dealkylation sites (tertiary alicyclic amines) is 1. The molecular formula is C29H34ClN7O4SSi. The maximum atomic E-state index is 13.0. The lowest BCUT2D eigenvalue weighted by atomic mass is 10.1. The second kappa shape index (κ2) is 11.0. The van der Waals surface area contributed by atoms with Gasteiger partial charge >= 0.3 is 0 Å². The number of benzene rings is 1. The van der Waals surface area contributed by atoms with Crippen molar-refractivity contribution in [1.82, 2.24) is 30.2 Å². The number of thiophene rings is 1. The number of halogens is 1. The van der Waals surface area contributed by atoms with Crippen molar-refractivity contribution < 1.29 is 18.8 Å². The zero-order valence-corrected chi connectivity index (χ0v) is 27.5. The van der Waals surface area contributed by atoms with Crippen molar-refractivity contribution in [1.29, 1.82) is 0 Å². The Kier molecular flexibility index (Phi) is 7.56. The molecular weight excluding hydrogens is 606 g/mol. The molecule has 14 heteroatoms. The maximum absolute atomic E-state index is 13.0. The molecule has 1 aromatic carbocycles. The Morgan fingerprint density at radius 2 is 1.95 bits per heavy atom. The van der Waals surface area contributed by atoms with E-state index in [0.29, 0.717) is 41.0 Å². The van der Waals surface area contributed by atoms with Crippen LogP contribution in [-0.2, 0) is 15.8 Å². The summed E-state index contributed by atoms with van der Waals surface area (Å²) in [6.07, 6.45) is 3.26. The van der Waals surface area contributed by atoms with Gasteiger partial charge in [-0.25, -0.2) is 15.0 Å². The van der Waals surface area contributed by atoms with Crippen LogP contribution in [-0.4, -0.2) is 70.2 Å². The van der Waals surface area contributed by atoms with Gasteiger partial charge in [-0.05, 0) is 48.8 Å². The third-order valence-corrected chi connectivity index (χ3v) is 14.2. The van der Waals surface area contributed by atoms with E-state index in [1.807, 2.05) is 19.1 Å². The molecule has 0 saturated carbocycles. The molecule has 1 saturated heterocycles. The Bertz CT molecular complexity index is 1760. The third-order valence-electron chi connectivity index (χ3n) is 8.32. The molecule has 0 spiro atoms. The summed E-state index contributed by atoms with van der Waals surface area (Å²) in [4.78, 5) is 45.9. The molecule has 1 unspecified atom stereocenters. The second-order valence-electron chi connectivity index (χ2n) is 12.6. The van der Waals surface area contributed by atoms with Gasteiger partial charge in [-0.15, -0.1) is 11.3 Å². The number of amides is 2. The van der Waals surface area contributed by atoms with Crippen molar-refractivity contribution >= 4 is 69.9 Å². The first-order chi connectivity index (χ1) is 20.3. The lowest BCUT2D eigenvalue weighted by Crippen LogP contribution is -2.44. The van der Waals surface area contributed by atoms with Gasteiger partial charge in [-0.1, -0.05) is 20.8 Å². The monoisotopic (exact) mass is 639 g/mol. The summed E-state index contributed by atoms with van der Waals surface area (Å²) in [6.45, 7) is 14.2. The predicted molar refractivity (Wildman–Crippen MR) is 170 cm³/mol. The van der Waals surface area contributed by atoms with Gasteiger partial charge in [0.25, 0.3) is 5.91 Å². The first-order valence-corrected chi connectivity index (χ1v) is 18.3. The van der Waals surface area contributed by atoms with E-state index in [1.54, 1.807) is 11.1 Å². The van der Waals surface area contributed by atoms with Crippen LogP contribution in [0.4, 0.5) is 5.69 Å². The van der Waals surface area contributed by atoms with E-state index in [0.717, 1.165) is 15.8 Å². The van der Waals surface area contributed by atoms with Crippen LogP contribution < -0.4 is 15.4 Å². The fraction of sp³-hybridized carbons (Fsp3) is 0.448. The molecule has 0 bridgehead atoms. The van der Waals surface area contributed by atoms with Crippen molar-refractivity contribution in [2.45, 2.75) is 70.9 Å². The fourth-order valence-corrected chi connectivity index (χ4v) is 7.61. The average Bonchev–Trinajstić information content (AvgIpc) is 3.43. The molecule has 2 aliphatic heterocycles. The van der Waals surface area contributed by atoms with Gasteiger partial charge in [0, 0.05) is 35.4 Å². The van der Waals surface area contributed by atoms with Crippen LogP contribution in [0.15, 0.2) is 24.5 Å². The van der Waals surface area contributed by atoms with Crippen LogP contribution in [0.5, 0.6) is 11.8 Å². The quantitative estimate of drug-likeness (QED) is 0.200. The van der Waals surface area contributed by atoms with Gasteiger partial charge in [-0.3, -0.25) is 9.59 Å². The molecule has 5 heterocycles. The van der Waals surface area contributed by atoms with Crippen molar-refractivity contribution in [2.75, 3.05) is 18.4 Å². The molecule has 2 amide bonds. The summed E-state index contributed by atoms with van der Waals surface area (Å²) in [5.74, 6) is 0.325. The van der Waals surface area contributed by atoms with Crippen LogP contribution in [0.25, 0.3) is 21.1 Å². The standard InChI is InChI=1S/C29H34ClN7O4SSi/c1-15-10-31-24-22-19(42-25(24)26(39)34-15)8-7-18-23(22)32-12-20(35-18)40-27-16(11-33-28(30)36-27)13-37-14-17(9-21(37)38)41-43(5,6)29(2,3)4/h7-8,11-12,15,17,31H,9-10,13-14H2,1-6H3,(H,34,39)/t15-,17?/m1/s1. The summed E-state index contributed by atoms with van der Waals surface area (Å²) in [5, 5.41) is 7.32. The van der Waals surface area contributed by atoms with E-state index in [1.165, 1.54) is 17.5 Å². The van der Waals surface area contributed by atoms with E-state index in [4.69, 9.17) is 25.7 Å². The summed E-state index contributed by atoms with van der Waals surface area (Å²) in [7, 11) is -2.03. The van der Waals surface area contributed by atoms with Crippen LogP contribution in [0.1, 0.15) is 49.4 Å². The van der Waals surface area contributed by atoms with Crippen LogP contribution >= 0.6 is 22.9 Å². The average molecular weight is 640 g/mol. The largest absolute Gasteiger partial charge is 0.418 e. The highest BCUT2D eigenvalue weighted by Gasteiger charge is 2.42. The summed E-state index contributed by atoms with van der Waals surface area (Å²) in [5.41, 5.74) is 2.63. The minimum Gasteiger partial charge on any atom is -0.418 e. The fourth-order valence-electron chi connectivity index (χ4n) is 5.06. The first kappa shape index (κ1) is 29.7. The molecule has 11 nitrogen and oxygen atoms in total. The molecule has 2 atom stereocenters. The Morgan fingerprint density at radius 1 is 1.16 bits per heavy atom. The maximum Gasteiger partial charge on any atom is 0.263 e. The van der Waals surface area contributed by atoms with E-state index in [-0.39, 0.29) is 52.6 Å². The number of nitrogens with one attached hydrogen (secondary N) is 2. The van der Waals surface area contributed by atoms with E-state index in [2.05, 4.69) is 59.5 Å². The van der Waals surface area contributed by atoms with Crippen LogP contribution in [0.3, 0.4) is 0 Å². The smallest absolute Gasteiger partial charge is 0.263 e. The van der Waals surface area contributed by atoms with Crippen molar-refractivity contribution in [3.8, 4) is 11.8 Å². The third kappa shape index (κ3) is 5.78. The Hall–Kier alpha value is -3.39. The molecule has 0 aliphatic carbocycles. The Morgan fingerprint density at radius 3 is 2.72 bits per heavy atom. The zero-order valence-electron chi connectivity index (χ0n) is 24.9. The van der Waals surface area contributed by atoms with Crippen LogP contribution in [0, 0.1) is 0 Å². The highest BCUT2D eigenvalue weighted by Crippen LogP contribution is 2.41. The number of carbonyl (C=O) groups excluding carboxylic acids is 2. The van der Waals surface area contributed by atoms with E-state index in [9.17, 15) is 9.59 Å². The molecule has 1 fully saturated rings. The molecule has 226 valence electrons. The van der Waals surface area contributed by atoms with Gasteiger partial charge in [0.15, 0.2) is 8.32 Å². The lowest BCUT2D eigenvalue weighted by molar-refractivity contribution is -0.128. The summed E-state index contributed by atoms with van der Waals surface area (Å²) < 4.78 is 13.6. The molecule has 0 radical (unpaired) electrons. The number of fused-ring (bicyclic) bond motifs is 5. The highest BCUT2D eigenvalue weighted by molar-refractivity contribution is 7.21. The second-order valence-corrected chi connectivity index (χ2v) is 18.8. The Labute approximate surface area is 259 Å². The number of aromatic nitrogens is 4. The van der Waals surface area contributed by atoms with Gasteiger partial charge in [0.05, 0.1) is 47.6 Å². The predicted octanol–water partition coefficient (Wildman–Crippen LogP) is 5.75. The number of carbonyl (C=O) groups is 2. The highest BCUT2D eigenvalue weighted by atomic mass is 35.5. The molecule has 43 heavy (non-hydrogen) atoms. The van der Waals surface area contributed by atoms with Gasteiger partial charge in [0.2, 0.25) is 23.0 Å². The van der Waals surface area contributed by atoms with Crippen LogP contribution in [0.2, 0.25) is 23.4 Å². The number of ether oxygens (including phenoxy) is 1. The zero-order chi connectivity index (χ0) is 30.7. The number of hydrogen-bond donors (Lipinski definition) is 2. The van der Waals surface area contributed by atoms with E-state index < -0.39 is 8.32 Å². The first-order valence-electron chi connectivity index (χ1n) is 14.2. The lowest BCUT2D eigenvalue weighted by Gasteiger charge is -2.38. The molecule has 4 aromatic rings. The molecule has 2 aliphatic rings. The topological polar surface area (TPSA) is 131 Å². The van der Waals surface area contributed by atoms with Gasteiger partial charge < -0.3 is 24.7 Å². The number of hydrogen-bond acceptors (Lipinski definition) is 10. The number of rotatable bonds is 6.